The molecule has 13 heteroatoms. The van der Waals surface area contributed by atoms with Crippen molar-refractivity contribution in [3.63, 3.8) is 0 Å². The van der Waals surface area contributed by atoms with E-state index >= 15 is 0 Å². The molecule has 1 heterocycles. The molecule has 13 nitrogen and oxygen atoms in total. The van der Waals surface area contributed by atoms with Crippen LogP contribution in [0.25, 0.3) is 0 Å². The summed E-state index contributed by atoms with van der Waals surface area (Å²) in [5.74, 6) is -7.94. The summed E-state index contributed by atoms with van der Waals surface area (Å²) in [5.41, 5.74) is 2.23. The largest absolute Gasteiger partial charge is 0.510 e. The molecular formula is C30H41N5O8. The number of aliphatic hydroxyl groups is 3. The van der Waals surface area contributed by atoms with Crippen LogP contribution in [0.5, 0.6) is 5.75 Å². The van der Waals surface area contributed by atoms with Crippen LogP contribution in [0.15, 0.2) is 28.7 Å². The highest BCUT2D eigenvalue weighted by Gasteiger charge is 2.58. The molecule has 7 N–H and O–H groups in total. The van der Waals surface area contributed by atoms with Crippen LogP contribution < -0.4 is 16.0 Å². The van der Waals surface area contributed by atoms with Crippen molar-refractivity contribution in [3.05, 3.63) is 39.9 Å². The number of carbonyl (C=O) groups is 4. The molecular weight excluding hydrogens is 558 g/mol. The first-order valence-corrected chi connectivity index (χ1v) is 14.2. The summed E-state index contributed by atoms with van der Waals surface area (Å²) in [6.45, 7) is 3.77. The summed E-state index contributed by atoms with van der Waals surface area (Å²) in [7, 11) is 8.41. The van der Waals surface area contributed by atoms with Crippen molar-refractivity contribution in [3.8, 4) is 5.75 Å². The fourth-order valence-corrected chi connectivity index (χ4v) is 6.79. The van der Waals surface area contributed by atoms with Crippen molar-refractivity contribution in [1.29, 1.82) is 0 Å². The predicted octanol–water partition coefficient (Wildman–Crippen LogP) is 0.855. The number of ketones is 2. The lowest BCUT2D eigenvalue weighted by Crippen LogP contribution is -2.60. The van der Waals surface area contributed by atoms with Crippen molar-refractivity contribution < 1.29 is 39.6 Å². The van der Waals surface area contributed by atoms with Gasteiger partial charge in [0.1, 0.15) is 17.1 Å². The van der Waals surface area contributed by atoms with E-state index in [4.69, 9.17) is 5.73 Å². The summed E-state index contributed by atoms with van der Waals surface area (Å²) >= 11 is 0. The molecule has 234 valence electrons. The number of phenolic OH excluding ortho intramolecular Hbond substituents is 1. The normalized spacial score (nSPS) is 29.1. The number of aliphatic hydroxyl groups excluding tert-OH is 2. The van der Waals surface area contributed by atoms with Gasteiger partial charge in [-0.15, -0.1) is 0 Å². The first-order valence-electron chi connectivity index (χ1n) is 14.2. The lowest BCUT2D eigenvalue weighted by atomic mass is 9.67. The fourth-order valence-electron chi connectivity index (χ4n) is 6.79. The molecule has 1 saturated heterocycles. The second kappa shape index (κ2) is 11.3. The Kier molecular flexibility index (Phi) is 8.39. The maximum atomic E-state index is 14.2. The number of carbonyl (C=O) groups excluding carboxylic acids is 4. The number of fused-ring (bicyclic) bond motifs is 1. The number of rotatable bonds is 6. The van der Waals surface area contributed by atoms with Crippen molar-refractivity contribution >= 4 is 34.8 Å². The minimum atomic E-state index is -2.80. The summed E-state index contributed by atoms with van der Waals surface area (Å²) in [6, 6.07) is 0.0677. The topological polar surface area (TPSA) is 197 Å². The second-order valence-corrected chi connectivity index (χ2v) is 12.3. The third-order valence-corrected chi connectivity index (χ3v) is 9.08. The fraction of sp³-hybridized carbons (Fsp3) is 0.533. The number of primary amides is 1. The summed E-state index contributed by atoms with van der Waals surface area (Å²) in [5, 5.41) is 48.4. The number of benzene rings is 1. The van der Waals surface area contributed by atoms with Crippen LogP contribution in [0.1, 0.15) is 42.6 Å². The second-order valence-electron chi connectivity index (χ2n) is 12.3. The number of likely N-dealkylation sites (N-methyl/N-ethyl adjacent to an activating group) is 2. The van der Waals surface area contributed by atoms with Crippen LogP contribution in [0.2, 0.25) is 0 Å². The predicted molar refractivity (Wildman–Crippen MR) is 159 cm³/mol. The van der Waals surface area contributed by atoms with E-state index in [2.05, 4.69) is 5.32 Å². The summed E-state index contributed by atoms with van der Waals surface area (Å²) in [6.07, 6.45) is 1.61. The number of nitrogens with one attached hydrogen (secondary N) is 1. The van der Waals surface area contributed by atoms with Gasteiger partial charge in [0.2, 0.25) is 11.7 Å². The number of anilines is 2. The van der Waals surface area contributed by atoms with E-state index < -0.39 is 69.8 Å². The molecule has 1 aromatic rings. The van der Waals surface area contributed by atoms with Crippen LogP contribution in [0.3, 0.4) is 0 Å². The average Bonchev–Trinajstić information content (AvgIpc) is 3.33. The van der Waals surface area contributed by atoms with Crippen LogP contribution >= 0.6 is 0 Å². The Hall–Kier alpha value is -3.94. The van der Waals surface area contributed by atoms with Gasteiger partial charge >= 0.3 is 0 Å². The quantitative estimate of drug-likeness (QED) is 0.117. The number of nitrogens with zero attached hydrogens (tertiary/aromatic N) is 3. The maximum absolute atomic E-state index is 14.2. The molecule has 0 spiro atoms. The van der Waals surface area contributed by atoms with Gasteiger partial charge in [-0.3, -0.25) is 29.0 Å². The molecule has 43 heavy (non-hydrogen) atoms. The molecule has 1 aliphatic heterocycles. The van der Waals surface area contributed by atoms with E-state index in [0.717, 1.165) is 13.0 Å². The molecule has 1 aromatic carbocycles. The average molecular weight is 600 g/mol. The van der Waals surface area contributed by atoms with Crippen LogP contribution in [-0.4, -0.2) is 113 Å². The highest BCUT2D eigenvalue weighted by molar-refractivity contribution is 6.24. The lowest BCUT2D eigenvalue weighted by molar-refractivity contribution is -0.144. The van der Waals surface area contributed by atoms with E-state index in [1.807, 2.05) is 11.9 Å². The van der Waals surface area contributed by atoms with Crippen LogP contribution in [0.4, 0.5) is 11.4 Å². The minimum Gasteiger partial charge on any atom is -0.510 e. The van der Waals surface area contributed by atoms with Gasteiger partial charge in [0.15, 0.2) is 17.1 Å². The SMILES string of the molecule is C[C@@H]1Cc2c(N(C)C)cc(NC(=O)[C@@H]3CCCN3C)c(O)c2C(=O)/C1=C(\O)[C@]1(O)C(=O)C(C(N)=O)=C(O)[C@@H](N(C)C)[C@@H]1C. The molecule has 0 radical (unpaired) electrons. The highest BCUT2D eigenvalue weighted by atomic mass is 16.3. The first kappa shape index (κ1) is 32.0. The Morgan fingerprint density at radius 3 is 2.28 bits per heavy atom. The van der Waals surface area contributed by atoms with E-state index in [1.165, 1.54) is 11.8 Å². The van der Waals surface area contributed by atoms with Crippen LogP contribution in [-0.2, 0) is 20.8 Å². The molecule has 0 unspecified atom stereocenters. The van der Waals surface area contributed by atoms with Gasteiger partial charge in [0.25, 0.3) is 5.91 Å². The molecule has 4 rings (SSSR count). The van der Waals surface area contributed by atoms with Crippen molar-refractivity contribution in [1.82, 2.24) is 9.80 Å². The molecule has 1 fully saturated rings. The van der Waals surface area contributed by atoms with Crippen molar-refractivity contribution in [2.45, 2.75) is 50.8 Å². The zero-order chi connectivity index (χ0) is 32.3. The number of hydrogen-bond acceptors (Lipinski definition) is 11. The molecule has 0 aromatic heterocycles. The number of likely N-dealkylation sites (tertiary alicyclic amines) is 1. The zero-order valence-corrected chi connectivity index (χ0v) is 25.6. The first-order chi connectivity index (χ1) is 20.0. The minimum absolute atomic E-state index is 0.00635. The Labute approximate surface area is 250 Å². The van der Waals surface area contributed by atoms with Gasteiger partial charge in [-0.2, -0.15) is 0 Å². The Morgan fingerprint density at radius 1 is 1.14 bits per heavy atom. The third kappa shape index (κ3) is 4.94. The Balaban J connectivity index is 1.90. The standard InChI is InChI=1S/C30H41N5O8/c1-13-11-15-18(33(3)4)12-16(32-29(42)17-9-8-10-35(17)7)23(36)20(15)24(37)19(13)26(39)30(43)14(2)22(34(5)6)25(38)21(27(30)40)28(31)41/h12-14,17,22,36,38-39,43H,8-11H2,1-7H3,(H2,31,41)(H,32,42)/b26-19-/t13-,14+,17+,22+,30+/m1/s1. The van der Waals surface area contributed by atoms with Gasteiger partial charge in [-0.1, -0.05) is 13.8 Å². The number of phenols is 1. The molecule has 2 aliphatic carbocycles. The van der Waals surface area contributed by atoms with Gasteiger partial charge < -0.3 is 36.4 Å². The number of Topliss-reactive ketones (excluding diaryl/α,β-unsaturated/α-hetero) is 2. The van der Waals surface area contributed by atoms with E-state index in [1.54, 1.807) is 46.1 Å². The van der Waals surface area contributed by atoms with Crippen LogP contribution in [0, 0.1) is 11.8 Å². The Morgan fingerprint density at radius 2 is 1.77 bits per heavy atom. The smallest absolute Gasteiger partial charge is 0.255 e. The number of aromatic hydroxyl groups is 1. The number of amides is 2. The maximum Gasteiger partial charge on any atom is 0.255 e. The number of allylic oxidation sites excluding steroid dienone is 1. The van der Waals surface area contributed by atoms with Gasteiger partial charge in [-0.05, 0) is 64.5 Å². The lowest BCUT2D eigenvalue weighted by Gasteiger charge is -2.44. The summed E-state index contributed by atoms with van der Waals surface area (Å²) < 4.78 is 0. The van der Waals surface area contributed by atoms with E-state index in [-0.39, 0.29) is 29.2 Å². The third-order valence-electron chi connectivity index (χ3n) is 9.08. The van der Waals surface area contributed by atoms with E-state index in [9.17, 15) is 39.6 Å². The highest BCUT2D eigenvalue weighted by Crippen LogP contribution is 2.47. The summed E-state index contributed by atoms with van der Waals surface area (Å²) in [4.78, 5) is 58.2. The van der Waals surface area contributed by atoms with Gasteiger partial charge in [0, 0.05) is 31.3 Å². The van der Waals surface area contributed by atoms with Crippen molar-refractivity contribution in [2.75, 3.05) is 52.0 Å². The molecule has 0 bridgehead atoms. The Bertz CT molecular complexity index is 1460. The molecule has 0 saturated carbocycles. The number of hydrogen-bond donors (Lipinski definition) is 6. The van der Waals surface area contributed by atoms with Gasteiger partial charge in [0.05, 0.1) is 23.3 Å². The zero-order valence-electron chi connectivity index (χ0n) is 25.6. The number of nitrogens with two attached hydrogens (primary N) is 1. The molecule has 2 amide bonds. The molecule has 3 aliphatic rings. The van der Waals surface area contributed by atoms with E-state index in [0.29, 0.717) is 17.7 Å². The van der Waals surface area contributed by atoms with Gasteiger partial charge in [-0.25, -0.2) is 0 Å². The monoisotopic (exact) mass is 599 g/mol. The van der Waals surface area contributed by atoms with Crippen molar-refractivity contribution in [2.24, 2.45) is 17.6 Å². The molecule has 5 atom stereocenters.